The molecule has 0 saturated carbocycles. The second kappa shape index (κ2) is 13.2. The molecule has 0 aliphatic heterocycles. The van der Waals surface area contributed by atoms with E-state index < -0.39 is 60.1 Å². The molecule has 0 aliphatic carbocycles. The number of hydrogen-bond acceptors (Lipinski definition) is 6. The van der Waals surface area contributed by atoms with E-state index >= 15 is 0 Å². The van der Waals surface area contributed by atoms with Crippen molar-refractivity contribution in [2.24, 2.45) is 17.4 Å². The van der Waals surface area contributed by atoms with Crippen molar-refractivity contribution in [1.82, 2.24) is 15.6 Å². The summed E-state index contributed by atoms with van der Waals surface area (Å²) >= 11 is 0. The van der Waals surface area contributed by atoms with Crippen molar-refractivity contribution in [2.75, 3.05) is 0 Å². The van der Waals surface area contributed by atoms with Crippen LogP contribution in [-0.2, 0) is 36.8 Å². The highest BCUT2D eigenvalue weighted by Gasteiger charge is 2.37. The third-order valence-electron chi connectivity index (χ3n) is 6.36. The van der Waals surface area contributed by atoms with E-state index in [9.17, 15) is 29.1 Å². The molecule has 0 bridgehead atoms. The minimum Gasteiger partial charge on any atom is -0.481 e. The second-order valence-electron chi connectivity index (χ2n) is 9.19. The number of hydrogen-bond donors (Lipinski definition) is 7. The van der Waals surface area contributed by atoms with Crippen LogP contribution in [0.2, 0.25) is 0 Å². The molecule has 9 N–H and O–H groups in total. The molecule has 3 amide bonds. The molecule has 2 aromatic carbocycles. The molecule has 3 rings (SSSR count). The second-order valence-corrected chi connectivity index (χ2v) is 9.19. The number of carbonyl (C=O) groups excluding carboxylic acids is 3. The maximum absolute atomic E-state index is 13.5. The Balaban J connectivity index is 1.87. The molecule has 1 aromatic heterocycles. The summed E-state index contributed by atoms with van der Waals surface area (Å²) in [5, 5.41) is 24.6. The number of carbonyl (C=O) groups is 5. The molecule has 0 radical (unpaired) electrons. The van der Waals surface area contributed by atoms with Gasteiger partial charge in [-0.3, -0.25) is 24.0 Å². The average Bonchev–Trinajstić information content (AvgIpc) is 3.31. The van der Waals surface area contributed by atoms with Gasteiger partial charge in [0.15, 0.2) is 0 Å². The number of rotatable bonds is 14. The van der Waals surface area contributed by atoms with Crippen molar-refractivity contribution in [3.8, 4) is 0 Å². The van der Waals surface area contributed by atoms with Crippen molar-refractivity contribution in [1.29, 1.82) is 0 Å². The molecule has 12 nitrogen and oxygen atoms in total. The molecular formula is C27H31N5O7. The summed E-state index contributed by atoms with van der Waals surface area (Å²) in [6.45, 7) is 0. The first-order valence-corrected chi connectivity index (χ1v) is 12.3. The van der Waals surface area contributed by atoms with Crippen LogP contribution in [0.25, 0.3) is 10.9 Å². The predicted molar refractivity (Wildman–Crippen MR) is 141 cm³/mol. The zero-order valence-corrected chi connectivity index (χ0v) is 21.0. The maximum atomic E-state index is 13.5. The minimum absolute atomic E-state index is 0.0142. The van der Waals surface area contributed by atoms with Gasteiger partial charge < -0.3 is 37.3 Å². The van der Waals surface area contributed by atoms with Gasteiger partial charge in [-0.05, 0) is 30.0 Å². The third-order valence-corrected chi connectivity index (χ3v) is 6.36. The van der Waals surface area contributed by atoms with E-state index in [1.165, 1.54) is 0 Å². The lowest BCUT2D eigenvalue weighted by molar-refractivity contribution is -0.146. The number of nitrogens with two attached hydrogens (primary N) is 2. The van der Waals surface area contributed by atoms with Gasteiger partial charge in [-0.1, -0.05) is 48.5 Å². The van der Waals surface area contributed by atoms with E-state index in [4.69, 9.17) is 16.6 Å². The zero-order valence-electron chi connectivity index (χ0n) is 21.0. The van der Waals surface area contributed by atoms with Gasteiger partial charge in [0, 0.05) is 29.9 Å². The largest absolute Gasteiger partial charge is 0.481 e. The van der Waals surface area contributed by atoms with Gasteiger partial charge >= 0.3 is 11.9 Å². The Morgan fingerprint density at radius 2 is 1.54 bits per heavy atom. The number of carboxylic acid groups (broad SMARTS) is 2. The van der Waals surface area contributed by atoms with E-state index in [2.05, 4.69) is 15.6 Å². The van der Waals surface area contributed by atoms with Crippen LogP contribution in [0.15, 0.2) is 60.8 Å². The Kier molecular flexibility index (Phi) is 9.76. The molecule has 0 spiro atoms. The van der Waals surface area contributed by atoms with Gasteiger partial charge in [0.05, 0.1) is 12.0 Å². The highest BCUT2D eigenvalue weighted by atomic mass is 16.4. The van der Waals surface area contributed by atoms with Crippen molar-refractivity contribution < 1.29 is 34.2 Å². The number of benzene rings is 2. The number of nitrogens with one attached hydrogen (secondary N) is 3. The topological polar surface area (TPSA) is 218 Å². The van der Waals surface area contributed by atoms with Crippen LogP contribution in [-0.4, -0.2) is 63.0 Å². The zero-order chi connectivity index (χ0) is 28.5. The number of aliphatic carboxylic acids is 2. The van der Waals surface area contributed by atoms with Crippen LogP contribution < -0.4 is 22.1 Å². The number of fused-ring (bicyclic) bond motifs is 1. The fraction of sp³-hybridized carbons (Fsp3) is 0.296. The SMILES string of the molecule is NC(=O)[C@H](Cc1c[nH]c2ccccc12)NC(=O)[C@@H](NC(=O)[C@@H](N)CCC(=O)O)C(Cc1ccccc1)C(=O)O. The lowest BCUT2D eigenvalue weighted by Gasteiger charge is -2.27. The molecular weight excluding hydrogens is 506 g/mol. The summed E-state index contributed by atoms with van der Waals surface area (Å²) < 4.78 is 0. The highest BCUT2D eigenvalue weighted by Crippen LogP contribution is 2.20. The lowest BCUT2D eigenvalue weighted by atomic mass is 9.90. The Morgan fingerprint density at radius 1 is 0.872 bits per heavy atom. The van der Waals surface area contributed by atoms with Gasteiger partial charge in [-0.2, -0.15) is 0 Å². The van der Waals surface area contributed by atoms with E-state index in [1.54, 1.807) is 36.5 Å². The Labute approximate surface area is 223 Å². The molecule has 3 aromatic rings. The molecule has 12 heteroatoms. The first kappa shape index (κ1) is 28.9. The summed E-state index contributed by atoms with van der Waals surface area (Å²) in [5.74, 6) is -6.67. The van der Waals surface area contributed by atoms with Crippen molar-refractivity contribution in [2.45, 2.75) is 43.8 Å². The molecule has 0 aliphatic rings. The first-order chi connectivity index (χ1) is 18.6. The smallest absolute Gasteiger partial charge is 0.309 e. The number of carboxylic acids is 2. The quantitative estimate of drug-likeness (QED) is 0.151. The Morgan fingerprint density at radius 3 is 2.18 bits per heavy atom. The predicted octanol–water partition coefficient (Wildman–Crippen LogP) is 0.301. The third kappa shape index (κ3) is 7.89. The van der Waals surface area contributed by atoms with Crippen molar-refractivity contribution in [3.63, 3.8) is 0 Å². The monoisotopic (exact) mass is 537 g/mol. The fourth-order valence-electron chi connectivity index (χ4n) is 4.24. The van der Waals surface area contributed by atoms with Gasteiger partial charge in [0.25, 0.3) is 0 Å². The number of H-pyrrole nitrogens is 1. The minimum atomic E-state index is -1.64. The van der Waals surface area contributed by atoms with Crippen molar-refractivity contribution >= 4 is 40.6 Å². The summed E-state index contributed by atoms with van der Waals surface area (Å²) in [6, 6.07) is 11.7. The number of primary amides is 1. The standard InChI is InChI=1S/C27H31N5O7/c28-19(10-11-22(33)34)25(36)32-23(18(27(38)39)12-15-6-2-1-3-7-15)26(37)31-21(24(29)35)13-16-14-30-20-9-5-4-8-17(16)20/h1-9,14,18-19,21,23,30H,10-13,28H2,(H2,29,35)(H,31,37)(H,32,36)(H,33,34)(H,38,39)/t18?,19-,21-,23-/m0/s1. The summed E-state index contributed by atoms with van der Waals surface area (Å²) in [7, 11) is 0. The summed E-state index contributed by atoms with van der Waals surface area (Å²) in [4.78, 5) is 64.8. The average molecular weight is 538 g/mol. The molecule has 1 unspecified atom stereocenters. The van der Waals surface area contributed by atoms with Crippen LogP contribution in [0.3, 0.4) is 0 Å². The molecule has 39 heavy (non-hydrogen) atoms. The molecule has 0 saturated heterocycles. The molecule has 4 atom stereocenters. The fourth-order valence-corrected chi connectivity index (χ4v) is 4.24. The molecule has 1 heterocycles. The van der Waals surface area contributed by atoms with E-state index in [1.807, 2.05) is 24.3 Å². The van der Waals surface area contributed by atoms with E-state index in [-0.39, 0.29) is 19.3 Å². The number of para-hydroxylation sites is 1. The number of aromatic nitrogens is 1. The first-order valence-electron chi connectivity index (χ1n) is 12.3. The normalized spacial score (nSPS) is 14.1. The summed E-state index contributed by atoms with van der Waals surface area (Å²) in [6.07, 6.45) is 0.953. The van der Waals surface area contributed by atoms with E-state index in [0.29, 0.717) is 11.1 Å². The van der Waals surface area contributed by atoms with Gasteiger partial charge in [0.2, 0.25) is 17.7 Å². The van der Waals surface area contributed by atoms with Gasteiger partial charge in [0.1, 0.15) is 12.1 Å². The maximum Gasteiger partial charge on any atom is 0.309 e. The molecule has 0 fully saturated rings. The Hall–Kier alpha value is -4.71. The van der Waals surface area contributed by atoms with Crippen molar-refractivity contribution in [3.05, 3.63) is 71.9 Å². The highest BCUT2D eigenvalue weighted by molar-refractivity contribution is 5.96. The van der Waals surface area contributed by atoms with E-state index in [0.717, 1.165) is 10.9 Å². The van der Waals surface area contributed by atoms with Gasteiger partial charge in [-0.25, -0.2) is 0 Å². The van der Waals surface area contributed by atoms with Crippen LogP contribution in [0.5, 0.6) is 0 Å². The van der Waals surface area contributed by atoms with Gasteiger partial charge in [-0.15, -0.1) is 0 Å². The number of amides is 3. The Bertz CT molecular complexity index is 1340. The van der Waals surface area contributed by atoms with Crippen LogP contribution in [0, 0.1) is 5.92 Å². The van der Waals surface area contributed by atoms with Crippen LogP contribution in [0.4, 0.5) is 0 Å². The van der Waals surface area contributed by atoms with Crippen LogP contribution >= 0.6 is 0 Å². The number of aromatic amines is 1. The summed E-state index contributed by atoms with van der Waals surface area (Å²) in [5.41, 5.74) is 13.5. The van der Waals surface area contributed by atoms with Crippen LogP contribution in [0.1, 0.15) is 24.0 Å². The molecule has 206 valence electrons. The lowest BCUT2D eigenvalue weighted by Crippen LogP contribution is -2.59.